The van der Waals surface area contributed by atoms with Crippen LogP contribution in [-0.4, -0.2) is 133 Å². The van der Waals surface area contributed by atoms with Gasteiger partial charge in [0.1, 0.15) is 24.6 Å². The molecule has 0 radical (unpaired) electrons. The predicted octanol–water partition coefficient (Wildman–Crippen LogP) is 11.0. The number of carbonyl (C=O) groups excluding carboxylic acids is 4. The van der Waals surface area contributed by atoms with Crippen LogP contribution in [0.2, 0.25) is 20.1 Å². The van der Waals surface area contributed by atoms with E-state index in [0.717, 1.165) is 11.4 Å². The van der Waals surface area contributed by atoms with Gasteiger partial charge in [0.2, 0.25) is 11.8 Å². The van der Waals surface area contributed by atoms with Gasteiger partial charge < -0.3 is 49.3 Å². The highest BCUT2D eigenvalue weighted by molar-refractivity contribution is 7.99. The Morgan fingerprint density at radius 3 is 1.32 bits per heavy atom. The quantitative estimate of drug-likeness (QED) is 0.0525. The second-order valence-electron chi connectivity index (χ2n) is 20.3. The predicted molar refractivity (Wildman–Crippen MR) is 314 cm³/mol. The van der Waals surface area contributed by atoms with Crippen molar-refractivity contribution in [2.24, 2.45) is 11.8 Å². The maximum absolute atomic E-state index is 14.2. The van der Waals surface area contributed by atoms with Crippen LogP contribution in [0.3, 0.4) is 0 Å². The highest BCUT2D eigenvalue weighted by Gasteiger charge is 2.35. The minimum absolute atomic E-state index is 0.122. The molecule has 4 aromatic carbocycles. The number of hydrogen-bond donors (Lipinski definition) is 4. The molecule has 4 N–H and O–H groups in total. The van der Waals surface area contributed by atoms with Crippen molar-refractivity contribution in [3.05, 3.63) is 152 Å². The lowest BCUT2D eigenvalue weighted by molar-refractivity contribution is -0.143. The number of carboxylic acid groups (broad SMARTS) is 2. The van der Waals surface area contributed by atoms with Crippen molar-refractivity contribution >= 4 is 117 Å². The monoisotopic (exact) mass is 1190 g/mol. The molecule has 2 aromatic heterocycles. The number of rotatable bonds is 16. The lowest BCUT2D eigenvalue weighted by Gasteiger charge is -2.34. The molecule has 2 amide bonds. The summed E-state index contributed by atoms with van der Waals surface area (Å²) in [4.78, 5) is 87.6. The van der Waals surface area contributed by atoms with Crippen molar-refractivity contribution in [1.82, 2.24) is 20.4 Å². The molecule has 0 bridgehead atoms. The summed E-state index contributed by atoms with van der Waals surface area (Å²) in [5, 5.41) is 26.4. The van der Waals surface area contributed by atoms with Gasteiger partial charge in [-0.25, -0.2) is 0 Å². The fourth-order valence-electron chi connectivity index (χ4n) is 10.9. The van der Waals surface area contributed by atoms with Crippen molar-refractivity contribution < 1.29 is 47.8 Å². The maximum Gasteiger partial charge on any atom is 0.306 e. The second-order valence-corrected chi connectivity index (χ2v) is 22.8. The summed E-state index contributed by atoms with van der Waals surface area (Å²) < 4.78 is 10.4. The van der Waals surface area contributed by atoms with Crippen LogP contribution < -0.4 is 20.4 Å². The van der Waals surface area contributed by atoms with Crippen LogP contribution in [0.25, 0.3) is 34.4 Å². The van der Waals surface area contributed by atoms with Crippen LogP contribution in [0.4, 0.5) is 11.4 Å². The molecule has 16 nitrogen and oxygen atoms in total. The minimum atomic E-state index is -0.813. The largest absolute Gasteiger partial charge is 0.481 e. The summed E-state index contributed by atoms with van der Waals surface area (Å²) in [5.74, 6) is -3.86. The van der Waals surface area contributed by atoms with Crippen LogP contribution >= 0.6 is 58.2 Å². The van der Waals surface area contributed by atoms with Crippen molar-refractivity contribution in [1.29, 1.82) is 0 Å². The van der Waals surface area contributed by atoms with E-state index in [9.17, 15) is 39.0 Å². The molecule has 6 aromatic rings. The molecule has 10 rings (SSSR count). The number of piperidine rings is 2. The maximum atomic E-state index is 14.2. The molecule has 2 atom stereocenters. The SMILES string of the molecule is O=C(O)C1CCN(c2cccc(-c3cc(Sc4cc(-c5cccc(N6CCC(C(=O)O)CC6)c5)c(C=CC(=O)N5CCNCC5C(=O)c5ccoc5)c(Cl)c4Cl)c(Cl)c(Cl)c3C=CC(=O)N3CCNCC3C(=O)c3ccoc3)c2)CC1. The van der Waals surface area contributed by atoms with E-state index in [-0.39, 0.29) is 57.8 Å². The van der Waals surface area contributed by atoms with Gasteiger partial charge in [-0.05, 0) is 109 Å². The number of carboxylic acids is 2. The van der Waals surface area contributed by atoms with Gasteiger partial charge in [-0.15, -0.1) is 0 Å². The topological polar surface area (TPSA) is 206 Å². The average Bonchev–Trinajstić information content (AvgIpc) is 4.34. The van der Waals surface area contributed by atoms with E-state index in [1.54, 1.807) is 24.3 Å². The third kappa shape index (κ3) is 12.6. The fourth-order valence-corrected chi connectivity index (χ4v) is 13.1. The first-order chi connectivity index (χ1) is 39.1. The number of nitrogens with zero attached hydrogens (tertiary/aromatic N) is 4. The zero-order valence-electron chi connectivity index (χ0n) is 43.6. The highest BCUT2D eigenvalue weighted by atomic mass is 35.5. The van der Waals surface area contributed by atoms with Crippen LogP contribution in [-0.2, 0) is 19.2 Å². The lowest BCUT2D eigenvalue weighted by Crippen LogP contribution is -2.56. The summed E-state index contributed by atoms with van der Waals surface area (Å²) in [6.45, 7) is 4.11. The molecule has 6 heterocycles. The number of aliphatic carboxylic acids is 2. The van der Waals surface area contributed by atoms with Crippen LogP contribution in [0.5, 0.6) is 0 Å². The van der Waals surface area contributed by atoms with E-state index in [0.29, 0.717) is 119 Å². The zero-order chi connectivity index (χ0) is 56.9. The molecule has 0 aliphatic carbocycles. The molecule has 4 saturated heterocycles. The Morgan fingerprint density at radius 1 is 0.543 bits per heavy atom. The van der Waals surface area contributed by atoms with Gasteiger partial charge in [-0.3, -0.25) is 28.8 Å². The standard InChI is InChI=1S/C60H56Cl4N6O10S/c61-53-43(7-9-51(71)69-23-17-65-31-47(69)57(73)39-15-25-79-33-39)45(37-3-1-5-41(27-37)67-19-11-35(12-20-67)59(75)76)29-49(55(53)63)81-50-30-46(38-4-2-6-42(28-38)68-21-13-36(14-22-68)60(77)78)44(54(62)56(50)64)8-10-52(72)70-24-18-66-32-48(70)58(74)40-16-26-80-34-40/h1-10,15-16,25-30,33-36,47-48,65-66H,11-14,17-24,31-32H2,(H,75,76)(H,77,78). The molecule has 0 saturated carbocycles. The lowest BCUT2D eigenvalue weighted by atomic mass is 9.95. The number of amides is 2. The average molecular weight is 1200 g/mol. The van der Waals surface area contributed by atoms with Crippen molar-refractivity contribution in [2.75, 3.05) is 75.2 Å². The Labute approximate surface area is 491 Å². The molecular formula is C60H56Cl4N6O10S. The number of anilines is 2. The number of piperazine rings is 2. The van der Waals surface area contributed by atoms with Gasteiger partial charge in [-0.1, -0.05) is 82.4 Å². The summed E-state index contributed by atoms with van der Waals surface area (Å²) in [6.07, 6.45) is 13.4. The van der Waals surface area contributed by atoms with E-state index in [1.807, 2.05) is 60.7 Å². The van der Waals surface area contributed by atoms with Gasteiger partial charge >= 0.3 is 11.9 Å². The van der Waals surface area contributed by atoms with Gasteiger partial charge in [0, 0.05) is 110 Å². The number of nitrogens with one attached hydrogen (secondary N) is 2. The molecule has 0 spiro atoms. The van der Waals surface area contributed by atoms with E-state index in [1.165, 1.54) is 58.8 Å². The van der Waals surface area contributed by atoms with Gasteiger partial charge in [0.25, 0.3) is 0 Å². The smallest absolute Gasteiger partial charge is 0.306 e. The Bertz CT molecular complexity index is 3210. The summed E-state index contributed by atoms with van der Waals surface area (Å²) in [7, 11) is 0. The van der Waals surface area contributed by atoms with Crippen molar-refractivity contribution in [2.45, 2.75) is 47.6 Å². The number of benzene rings is 4. The van der Waals surface area contributed by atoms with Gasteiger partial charge in [0.05, 0.1) is 55.6 Å². The first-order valence-electron chi connectivity index (χ1n) is 26.5. The number of Topliss-reactive ketones (excluding diaryl/α,β-unsaturated/α-hetero) is 2. The molecule has 4 aliphatic rings. The zero-order valence-corrected chi connectivity index (χ0v) is 47.5. The Morgan fingerprint density at radius 2 is 0.951 bits per heavy atom. The third-order valence-corrected chi connectivity index (χ3v) is 18.5. The molecule has 21 heteroatoms. The van der Waals surface area contributed by atoms with Crippen molar-refractivity contribution in [3.63, 3.8) is 0 Å². The molecule has 420 valence electrons. The summed E-state index contributed by atoms with van der Waals surface area (Å²) in [6, 6.07) is 20.8. The Kier molecular flexibility index (Phi) is 18.1. The Balaban J connectivity index is 1.04. The van der Waals surface area contributed by atoms with Crippen molar-refractivity contribution in [3.8, 4) is 22.3 Å². The normalized spacial score (nSPS) is 18.5. The first kappa shape index (κ1) is 57.4. The molecule has 2 unspecified atom stereocenters. The molecule has 4 fully saturated rings. The minimum Gasteiger partial charge on any atom is -0.481 e. The first-order valence-corrected chi connectivity index (χ1v) is 28.9. The number of halogens is 4. The Hall–Kier alpha value is -6.83. The van der Waals surface area contributed by atoms with E-state index in [4.69, 9.17) is 55.2 Å². The molecular weight excluding hydrogens is 1140 g/mol. The van der Waals surface area contributed by atoms with Crippen LogP contribution in [0, 0.1) is 11.8 Å². The second kappa shape index (κ2) is 25.5. The third-order valence-electron chi connectivity index (χ3n) is 15.4. The van der Waals surface area contributed by atoms with Gasteiger partial charge in [-0.2, -0.15) is 0 Å². The van der Waals surface area contributed by atoms with Crippen LogP contribution in [0.15, 0.2) is 129 Å². The molecule has 4 aliphatic heterocycles. The van der Waals surface area contributed by atoms with Crippen LogP contribution in [0.1, 0.15) is 57.5 Å². The number of carbonyl (C=O) groups is 6. The number of ketones is 2. The number of hydrogen-bond acceptors (Lipinski definition) is 13. The van der Waals surface area contributed by atoms with E-state index in [2.05, 4.69) is 20.4 Å². The summed E-state index contributed by atoms with van der Waals surface area (Å²) >= 11 is 30.6. The molecule has 81 heavy (non-hydrogen) atoms. The number of furan rings is 2. The van der Waals surface area contributed by atoms with E-state index >= 15 is 0 Å². The highest BCUT2D eigenvalue weighted by Crippen LogP contribution is 2.49. The fraction of sp³-hybridized carbons (Fsp3) is 0.300. The summed E-state index contributed by atoms with van der Waals surface area (Å²) in [5.41, 5.74) is 5.89. The van der Waals surface area contributed by atoms with Gasteiger partial charge in [0.15, 0.2) is 11.6 Å². The van der Waals surface area contributed by atoms with E-state index < -0.39 is 47.7 Å².